The van der Waals surface area contributed by atoms with Gasteiger partial charge in [-0.05, 0) is 30.2 Å². The lowest BCUT2D eigenvalue weighted by Gasteiger charge is -2.14. The zero-order valence-corrected chi connectivity index (χ0v) is 18.1. The summed E-state index contributed by atoms with van der Waals surface area (Å²) in [4.78, 5) is 29.1. The van der Waals surface area contributed by atoms with Gasteiger partial charge in [-0.2, -0.15) is 0 Å². The van der Waals surface area contributed by atoms with E-state index in [1.54, 1.807) is 31.2 Å². The van der Waals surface area contributed by atoms with Crippen molar-refractivity contribution in [3.8, 4) is 16.9 Å². The van der Waals surface area contributed by atoms with Crippen molar-refractivity contribution < 1.29 is 19.1 Å². The van der Waals surface area contributed by atoms with Crippen LogP contribution in [-0.2, 0) is 11.3 Å². The van der Waals surface area contributed by atoms with E-state index in [2.05, 4.69) is 10.3 Å². The number of benzene rings is 2. The monoisotopic (exact) mass is 432 g/mol. The number of methoxy groups -OCH3 is 2. The second-order valence-electron chi connectivity index (χ2n) is 7.02. The molecule has 8 heteroatoms. The van der Waals surface area contributed by atoms with E-state index in [1.165, 1.54) is 20.4 Å². The largest absolute Gasteiger partial charge is 0.494 e. The molecule has 8 nitrogen and oxygen atoms in total. The molecule has 0 aliphatic carbocycles. The highest BCUT2D eigenvalue weighted by molar-refractivity contribution is 5.97. The van der Waals surface area contributed by atoms with E-state index in [0.29, 0.717) is 28.1 Å². The predicted molar refractivity (Wildman–Crippen MR) is 121 cm³/mol. The minimum atomic E-state index is -0.559. The Balaban J connectivity index is 1.74. The molecule has 3 rings (SSSR count). The quantitative estimate of drug-likeness (QED) is 0.299. The summed E-state index contributed by atoms with van der Waals surface area (Å²) in [5, 5.41) is 10.3. The lowest BCUT2D eigenvalue weighted by Crippen LogP contribution is -2.24. The van der Waals surface area contributed by atoms with E-state index < -0.39 is 5.97 Å². The standard InChI is InChI=1S/C24H24N4O4/c1-14-21(31-2)20(24(30)32-3)19(12-27-14)13-28-23(29)18-10-6-16(7-11-18)15-4-8-17(9-5-15)22(25)26/h4-12H,13H2,1-3H3,(H3,25,26)(H,28,29). The second kappa shape index (κ2) is 9.74. The van der Waals surface area contributed by atoms with Crippen LogP contribution in [0.15, 0.2) is 54.7 Å². The number of aromatic nitrogens is 1. The van der Waals surface area contributed by atoms with Crippen LogP contribution >= 0.6 is 0 Å². The van der Waals surface area contributed by atoms with Crippen LogP contribution in [-0.4, -0.2) is 36.9 Å². The van der Waals surface area contributed by atoms with Gasteiger partial charge in [-0.1, -0.05) is 36.4 Å². The molecule has 0 unspecified atom stereocenters. The van der Waals surface area contributed by atoms with Gasteiger partial charge in [0.05, 0.1) is 19.9 Å². The molecule has 0 atom stereocenters. The summed E-state index contributed by atoms with van der Waals surface area (Å²) in [6.45, 7) is 1.81. The summed E-state index contributed by atoms with van der Waals surface area (Å²) < 4.78 is 10.2. The number of rotatable bonds is 7. The molecular formula is C24H24N4O4. The number of carbonyl (C=O) groups excluding carboxylic acids is 2. The Hall–Kier alpha value is -4.20. The maximum Gasteiger partial charge on any atom is 0.342 e. The molecule has 0 bridgehead atoms. The number of amidine groups is 1. The van der Waals surface area contributed by atoms with Crippen molar-refractivity contribution in [2.75, 3.05) is 14.2 Å². The molecule has 164 valence electrons. The van der Waals surface area contributed by atoms with Crippen LogP contribution in [0.3, 0.4) is 0 Å². The number of esters is 1. The van der Waals surface area contributed by atoms with Gasteiger partial charge in [-0.3, -0.25) is 15.2 Å². The van der Waals surface area contributed by atoms with Crippen molar-refractivity contribution in [3.05, 3.63) is 82.7 Å². The van der Waals surface area contributed by atoms with Gasteiger partial charge in [0, 0.05) is 29.4 Å². The highest BCUT2D eigenvalue weighted by Gasteiger charge is 2.21. The highest BCUT2D eigenvalue weighted by Crippen LogP contribution is 2.26. The van der Waals surface area contributed by atoms with Gasteiger partial charge in [0.2, 0.25) is 0 Å². The molecule has 0 aliphatic rings. The van der Waals surface area contributed by atoms with Crippen LogP contribution < -0.4 is 15.8 Å². The van der Waals surface area contributed by atoms with Crippen molar-refractivity contribution in [1.82, 2.24) is 10.3 Å². The molecular weight excluding hydrogens is 408 g/mol. The highest BCUT2D eigenvalue weighted by atomic mass is 16.5. The van der Waals surface area contributed by atoms with E-state index in [9.17, 15) is 9.59 Å². The third kappa shape index (κ3) is 4.75. The lowest BCUT2D eigenvalue weighted by atomic mass is 10.0. The van der Waals surface area contributed by atoms with Gasteiger partial charge in [0.15, 0.2) is 5.75 Å². The summed E-state index contributed by atoms with van der Waals surface area (Å²) in [5.74, 6) is -0.514. The number of hydrogen-bond donors (Lipinski definition) is 3. The summed E-state index contributed by atoms with van der Waals surface area (Å²) in [6, 6.07) is 14.4. The molecule has 0 saturated heterocycles. The average molecular weight is 432 g/mol. The molecule has 32 heavy (non-hydrogen) atoms. The van der Waals surface area contributed by atoms with Gasteiger partial charge in [0.25, 0.3) is 5.91 Å². The number of nitrogens with two attached hydrogens (primary N) is 1. The summed E-state index contributed by atoms with van der Waals surface area (Å²) >= 11 is 0. The molecule has 1 heterocycles. The van der Waals surface area contributed by atoms with E-state index in [4.69, 9.17) is 20.6 Å². The summed E-state index contributed by atoms with van der Waals surface area (Å²) in [6.07, 6.45) is 1.53. The Morgan fingerprint density at radius 2 is 1.56 bits per heavy atom. The van der Waals surface area contributed by atoms with Crippen molar-refractivity contribution >= 4 is 17.7 Å². The SMILES string of the molecule is COC(=O)c1c(CNC(=O)c2ccc(-c3ccc(C(=N)N)cc3)cc2)cnc(C)c1OC. The van der Waals surface area contributed by atoms with Crippen LogP contribution in [0, 0.1) is 12.3 Å². The lowest BCUT2D eigenvalue weighted by molar-refractivity contribution is 0.0594. The second-order valence-corrected chi connectivity index (χ2v) is 7.02. The zero-order valence-electron chi connectivity index (χ0n) is 18.1. The third-order valence-electron chi connectivity index (χ3n) is 5.00. The number of pyridine rings is 1. The number of amides is 1. The van der Waals surface area contributed by atoms with Gasteiger partial charge < -0.3 is 20.5 Å². The number of ether oxygens (including phenoxy) is 2. The van der Waals surface area contributed by atoms with Gasteiger partial charge in [-0.15, -0.1) is 0 Å². The summed E-state index contributed by atoms with van der Waals surface area (Å²) in [7, 11) is 2.74. The van der Waals surface area contributed by atoms with Gasteiger partial charge in [-0.25, -0.2) is 4.79 Å². The topological polar surface area (TPSA) is 127 Å². The molecule has 4 N–H and O–H groups in total. The number of nitrogen functional groups attached to an aromatic ring is 1. The van der Waals surface area contributed by atoms with E-state index >= 15 is 0 Å². The maximum absolute atomic E-state index is 12.6. The number of carbonyl (C=O) groups is 2. The zero-order chi connectivity index (χ0) is 23.3. The molecule has 0 aliphatic heterocycles. The normalized spacial score (nSPS) is 10.3. The molecule has 3 aromatic rings. The molecule has 0 saturated carbocycles. The molecule has 0 fully saturated rings. The first-order valence-corrected chi connectivity index (χ1v) is 9.79. The minimum Gasteiger partial charge on any atom is -0.494 e. The van der Waals surface area contributed by atoms with Crippen molar-refractivity contribution in [2.24, 2.45) is 5.73 Å². The number of nitrogens with one attached hydrogen (secondary N) is 2. The molecule has 0 radical (unpaired) electrons. The fourth-order valence-electron chi connectivity index (χ4n) is 3.27. The minimum absolute atomic E-state index is 0.0142. The molecule has 1 amide bonds. The van der Waals surface area contributed by atoms with Crippen LogP contribution in [0.4, 0.5) is 0 Å². The Morgan fingerprint density at radius 3 is 2.06 bits per heavy atom. The van der Waals surface area contributed by atoms with E-state index in [1.807, 2.05) is 24.3 Å². The van der Waals surface area contributed by atoms with Crippen LogP contribution in [0.1, 0.15) is 37.5 Å². The molecule has 2 aromatic carbocycles. The van der Waals surface area contributed by atoms with Crippen LogP contribution in [0.25, 0.3) is 11.1 Å². The Bertz CT molecular complexity index is 1160. The van der Waals surface area contributed by atoms with Crippen LogP contribution in [0.5, 0.6) is 5.75 Å². The van der Waals surface area contributed by atoms with Crippen molar-refractivity contribution in [2.45, 2.75) is 13.5 Å². The third-order valence-corrected chi connectivity index (χ3v) is 5.00. The predicted octanol–water partition coefficient (Wildman–Crippen LogP) is 3.07. The fraction of sp³-hybridized carbons (Fsp3) is 0.167. The summed E-state index contributed by atoms with van der Waals surface area (Å²) in [5.41, 5.74) is 9.77. The Morgan fingerprint density at radius 1 is 1.00 bits per heavy atom. The van der Waals surface area contributed by atoms with Crippen molar-refractivity contribution in [3.63, 3.8) is 0 Å². The molecule has 1 aromatic heterocycles. The average Bonchev–Trinajstić information content (AvgIpc) is 2.82. The first kappa shape index (κ1) is 22.5. The van der Waals surface area contributed by atoms with Gasteiger partial charge >= 0.3 is 5.97 Å². The fourth-order valence-corrected chi connectivity index (χ4v) is 3.27. The Labute approximate surface area is 185 Å². The number of hydrogen-bond acceptors (Lipinski definition) is 6. The Kier molecular flexibility index (Phi) is 6.84. The van der Waals surface area contributed by atoms with E-state index in [0.717, 1.165) is 11.1 Å². The first-order valence-electron chi connectivity index (χ1n) is 9.79. The van der Waals surface area contributed by atoms with Gasteiger partial charge in [0.1, 0.15) is 11.4 Å². The smallest absolute Gasteiger partial charge is 0.342 e. The molecule has 0 spiro atoms. The number of aryl methyl sites for hydroxylation is 1. The maximum atomic E-state index is 12.6. The van der Waals surface area contributed by atoms with Crippen LogP contribution in [0.2, 0.25) is 0 Å². The van der Waals surface area contributed by atoms with E-state index in [-0.39, 0.29) is 23.9 Å². The first-order chi connectivity index (χ1) is 15.3. The van der Waals surface area contributed by atoms with Crippen molar-refractivity contribution in [1.29, 1.82) is 5.41 Å². The number of nitrogens with zero attached hydrogens (tertiary/aromatic N) is 1.